The first-order valence-corrected chi connectivity index (χ1v) is 8.44. The van der Waals surface area contributed by atoms with Gasteiger partial charge in [0.25, 0.3) is 5.91 Å². The lowest BCUT2D eigenvalue weighted by Gasteiger charge is -2.36. The van der Waals surface area contributed by atoms with Crippen LogP contribution in [-0.2, 0) is 0 Å². The molecule has 1 amide bonds. The van der Waals surface area contributed by atoms with Gasteiger partial charge >= 0.3 is 0 Å². The van der Waals surface area contributed by atoms with Crippen molar-refractivity contribution in [2.75, 3.05) is 5.33 Å². The highest BCUT2D eigenvalue weighted by Crippen LogP contribution is 2.30. The van der Waals surface area contributed by atoms with Crippen molar-refractivity contribution in [3.63, 3.8) is 0 Å². The summed E-state index contributed by atoms with van der Waals surface area (Å²) in [5.74, 6) is -0.0242. The monoisotopic (exact) mass is 347 g/mol. The molecule has 1 aromatic carbocycles. The molecular formula is C16H18BrN3O. The maximum absolute atomic E-state index is 12.5. The molecule has 4 nitrogen and oxygen atoms in total. The van der Waals surface area contributed by atoms with Crippen LogP contribution in [0.3, 0.4) is 0 Å². The summed E-state index contributed by atoms with van der Waals surface area (Å²) in [6.45, 7) is 0. The number of aromatic nitrogens is 2. The highest BCUT2D eigenvalue weighted by molar-refractivity contribution is 9.09. The zero-order chi connectivity index (χ0) is 14.7. The summed E-state index contributed by atoms with van der Waals surface area (Å²) in [6, 6.07) is 5.47. The lowest BCUT2D eigenvalue weighted by atomic mass is 9.83. The van der Waals surface area contributed by atoms with Crippen molar-refractivity contribution in [3.8, 4) is 0 Å². The normalized spacial score (nSPS) is 17.6. The molecule has 0 radical (unpaired) electrons. The molecule has 1 N–H and O–H groups in total. The van der Waals surface area contributed by atoms with Gasteiger partial charge in [0.1, 0.15) is 0 Å². The lowest BCUT2D eigenvalue weighted by molar-refractivity contribution is 0.0886. The van der Waals surface area contributed by atoms with Crippen molar-refractivity contribution < 1.29 is 4.79 Å². The van der Waals surface area contributed by atoms with E-state index in [9.17, 15) is 4.79 Å². The molecule has 1 heterocycles. The van der Waals surface area contributed by atoms with Crippen LogP contribution in [0.1, 0.15) is 42.5 Å². The quantitative estimate of drug-likeness (QED) is 0.865. The fourth-order valence-electron chi connectivity index (χ4n) is 2.94. The Labute approximate surface area is 132 Å². The summed E-state index contributed by atoms with van der Waals surface area (Å²) in [7, 11) is 0. The summed E-state index contributed by atoms with van der Waals surface area (Å²) in [6.07, 6.45) is 8.99. The first-order valence-electron chi connectivity index (χ1n) is 7.32. The smallest absolute Gasteiger partial charge is 0.251 e. The molecule has 21 heavy (non-hydrogen) atoms. The van der Waals surface area contributed by atoms with Gasteiger partial charge in [0.05, 0.1) is 16.6 Å². The number of amides is 1. The number of nitrogens with zero attached hydrogens (tertiary/aromatic N) is 2. The molecule has 0 unspecified atom stereocenters. The predicted molar refractivity (Wildman–Crippen MR) is 86.6 cm³/mol. The summed E-state index contributed by atoms with van der Waals surface area (Å²) in [5, 5.41) is 4.03. The average Bonchev–Trinajstić information content (AvgIpc) is 2.55. The Balaban J connectivity index is 1.82. The molecule has 1 fully saturated rings. The van der Waals surface area contributed by atoms with Crippen molar-refractivity contribution in [2.24, 2.45) is 0 Å². The number of benzene rings is 1. The molecule has 0 bridgehead atoms. The van der Waals surface area contributed by atoms with E-state index in [4.69, 9.17) is 0 Å². The first kappa shape index (κ1) is 14.4. The van der Waals surface area contributed by atoms with Gasteiger partial charge in [-0.2, -0.15) is 0 Å². The van der Waals surface area contributed by atoms with Crippen molar-refractivity contribution in [2.45, 2.75) is 37.6 Å². The second-order valence-electron chi connectivity index (χ2n) is 5.69. The van der Waals surface area contributed by atoms with E-state index in [1.165, 1.54) is 19.3 Å². The first-order chi connectivity index (χ1) is 10.2. The van der Waals surface area contributed by atoms with E-state index >= 15 is 0 Å². The molecule has 1 saturated carbocycles. The molecule has 1 aliphatic carbocycles. The van der Waals surface area contributed by atoms with Crippen LogP contribution in [0.4, 0.5) is 0 Å². The molecule has 0 atom stereocenters. The van der Waals surface area contributed by atoms with E-state index in [1.807, 2.05) is 18.2 Å². The summed E-state index contributed by atoms with van der Waals surface area (Å²) in [4.78, 5) is 21.0. The van der Waals surface area contributed by atoms with Gasteiger partial charge in [-0.05, 0) is 31.0 Å². The molecular weight excluding hydrogens is 330 g/mol. The molecule has 0 spiro atoms. The van der Waals surface area contributed by atoms with Crippen LogP contribution in [0.25, 0.3) is 11.0 Å². The van der Waals surface area contributed by atoms with E-state index in [2.05, 4.69) is 31.2 Å². The van der Waals surface area contributed by atoms with Crippen molar-refractivity contribution in [3.05, 3.63) is 36.2 Å². The number of carbonyl (C=O) groups is 1. The summed E-state index contributed by atoms with van der Waals surface area (Å²) >= 11 is 3.57. The Morgan fingerprint density at radius 3 is 2.57 bits per heavy atom. The number of halogens is 1. The third-order valence-electron chi connectivity index (χ3n) is 4.18. The third-order valence-corrected chi connectivity index (χ3v) is 5.25. The minimum absolute atomic E-state index is 0.0242. The second-order valence-corrected chi connectivity index (χ2v) is 6.25. The van der Waals surface area contributed by atoms with Gasteiger partial charge < -0.3 is 5.32 Å². The Morgan fingerprint density at radius 1 is 1.14 bits per heavy atom. The van der Waals surface area contributed by atoms with E-state index in [0.717, 1.165) is 29.2 Å². The highest BCUT2D eigenvalue weighted by atomic mass is 79.9. The van der Waals surface area contributed by atoms with Crippen molar-refractivity contribution >= 4 is 32.9 Å². The molecule has 3 rings (SSSR count). The summed E-state index contributed by atoms with van der Waals surface area (Å²) in [5.41, 5.74) is 2.10. The fourth-order valence-corrected chi connectivity index (χ4v) is 3.64. The van der Waals surface area contributed by atoms with Crippen LogP contribution < -0.4 is 5.32 Å². The number of hydrogen-bond acceptors (Lipinski definition) is 3. The standard InChI is InChI=1S/C16H18BrN3O/c17-11-16(6-2-1-3-7-16)20-15(21)12-4-5-13-14(10-12)19-9-8-18-13/h4-5,8-10H,1-3,6-7,11H2,(H,20,21). The minimum Gasteiger partial charge on any atom is -0.346 e. The Bertz CT molecular complexity index is 653. The number of carbonyl (C=O) groups excluding carboxylic acids is 1. The van der Waals surface area contributed by atoms with Crippen LogP contribution in [0.5, 0.6) is 0 Å². The zero-order valence-electron chi connectivity index (χ0n) is 11.8. The molecule has 110 valence electrons. The van der Waals surface area contributed by atoms with Gasteiger partial charge in [0.2, 0.25) is 0 Å². The predicted octanol–water partition coefficient (Wildman–Crippen LogP) is 3.46. The Hall–Kier alpha value is -1.49. The SMILES string of the molecule is O=C(NC1(CBr)CCCCC1)c1ccc2nccnc2c1. The van der Waals surface area contributed by atoms with Gasteiger partial charge in [-0.15, -0.1) is 0 Å². The number of fused-ring (bicyclic) bond motifs is 1. The van der Waals surface area contributed by atoms with Crippen LogP contribution >= 0.6 is 15.9 Å². The van der Waals surface area contributed by atoms with Crippen LogP contribution in [0.15, 0.2) is 30.6 Å². The maximum Gasteiger partial charge on any atom is 0.251 e. The van der Waals surface area contributed by atoms with E-state index in [-0.39, 0.29) is 11.4 Å². The van der Waals surface area contributed by atoms with Gasteiger partial charge in [-0.3, -0.25) is 14.8 Å². The number of hydrogen-bond donors (Lipinski definition) is 1. The fraction of sp³-hybridized carbons (Fsp3) is 0.438. The van der Waals surface area contributed by atoms with Crippen LogP contribution in [0.2, 0.25) is 0 Å². The lowest BCUT2D eigenvalue weighted by Crippen LogP contribution is -2.51. The minimum atomic E-state index is -0.105. The summed E-state index contributed by atoms with van der Waals surface area (Å²) < 4.78 is 0. The van der Waals surface area contributed by atoms with Gasteiger partial charge in [-0.25, -0.2) is 0 Å². The largest absolute Gasteiger partial charge is 0.346 e. The van der Waals surface area contributed by atoms with Crippen molar-refractivity contribution in [1.29, 1.82) is 0 Å². The molecule has 1 aliphatic rings. The average molecular weight is 348 g/mol. The number of rotatable bonds is 3. The molecule has 2 aromatic rings. The van der Waals surface area contributed by atoms with Gasteiger partial charge in [-0.1, -0.05) is 35.2 Å². The van der Waals surface area contributed by atoms with Crippen LogP contribution in [-0.4, -0.2) is 26.7 Å². The Morgan fingerprint density at radius 2 is 1.86 bits per heavy atom. The number of nitrogens with one attached hydrogen (secondary N) is 1. The molecule has 0 saturated heterocycles. The maximum atomic E-state index is 12.5. The van der Waals surface area contributed by atoms with Crippen LogP contribution in [0, 0.1) is 0 Å². The number of alkyl halides is 1. The van der Waals surface area contributed by atoms with Gasteiger partial charge in [0.15, 0.2) is 0 Å². The molecule has 1 aromatic heterocycles. The zero-order valence-corrected chi connectivity index (χ0v) is 13.4. The van der Waals surface area contributed by atoms with E-state index in [1.54, 1.807) is 12.4 Å². The second kappa shape index (κ2) is 6.10. The third kappa shape index (κ3) is 3.07. The molecule has 0 aliphatic heterocycles. The van der Waals surface area contributed by atoms with Crippen molar-refractivity contribution in [1.82, 2.24) is 15.3 Å². The van der Waals surface area contributed by atoms with E-state index < -0.39 is 0 Å². The topological polar surface area (TPSA) is 54.9 Å². The van der Waals surface area contributed by atoms with E-state index in [0.29, 0.717) is 5.56 Å². The highest BCUT2D eigenvalue weighted by Gasteiger charge is 2.32. The Kier molecular flexibility index (Phi) is 4.19. The molecule has 5 heteroatoms. The van der Waals surface area contributed by atoms with Gasteiger partial charge in [0, 0.05) is 23.3 Å².